The third-order valence-electron chi connectivity index (χ3n) is 4.15. The highest BCUT2D eigenvalue weighted by atomic mass is 32.2. The van der Waals surface area contributed by atoms with Crippen LogP contribution in [0.15, 0.2) is 59.8 Å². The molecule has 0 saturated heterocycles. The van der Waals surface area contributed by atoms with Crippen molar-refractivity contribution in [2.45, 2.75) is 50.2 Å². The fraction of sp³-hybridized carbons (Fsp3) is 0.318. The van der Waals surface area contributed by atoms with Crippen LogP contribution in [0.25, 0.3) is 11.4 Å². The van der Waals surface area contributed by atoms with Gasteiger partial charge in [-0.15, -0.1) is 10.2 Å². The molecule has 0 fully saturated rings. The fourth-order valence-electron chi connectivity index (χ4n) is 2.78. The Morgan fingerprint density at radius 1 is 1.10 bits per heavy atom. The van der Waals surface area contributed by atoms with Crippen LogP contribution in [0.2, 0.25) is 0 Å². The summed E-state index contributed by atoms with van der Waals surface area (Å²) in [6.07, 6.45) is 0. The minimum absolute atomic E-state index is 0.0555. The van der Waals surface area contributed by atoms with E-state index >= 15 is 0 Å². The second kappa shape index (κ2) is 8.78. The molecule has 1 aromatic heterocycles. The van der Waals surface area contributed by atoms with Crippen molar-refractivity contribution in [3.8, 4) is 11.4 Å². The highest BCUT2D eigenvalue weighted by Crippen LogP contribution is 2.28. The maximum absolute atomic E-state index is 13.4. The van der Waals surface area contributed by atoms with Crippen molar-refractivity contribution in [1.82, 2.24) is 20.1 Å². The Morgan fingerprint density at radius 3 is 2.38 bits per heavy atom. The molecule has 0 bridgehead atoms. The Kier molecular flexibility index (Phi) is 6.37. The number of aromatic nitrogens is 3. The van der Waals surface area contributed by atoms with Gasteiger partial charge < -0.3 is 5.32 Å². The molecule has 29 heavy (non-hydrogen) atoms. The van der Waals surface area contributed by atoms with Crippen LogP contribution in [0.5, 0.6) is 0 Å². The number of benzene rings is 2. The number of hydrogen-bond acceptors (Lipinski definition) is 4. The van der Waals surface area contributed by atoms with Gasteiger partial charge >= 0.3 is 0 Å². The highest BCUT2D eigenvalue weighted by molar-refractivity contribution is 8.00. The SMILES string of the molecule is C[C@H](Sc1nnc(-c2ccc(F)cc2)n1Cc1ccccc1)C(=O)NC(C)(C)C. The van der Waals surface area contributed by atoms with Gasteiger partial charge in [0.1, 0.15) is 5.82 Å². The van der Waals surface area contributed by atoms with Gasteiger partial charge in [0.25, 0.3) is 0 Å². The minimum atomic E-state index is -0.339. The van der Waals surface area contributed by atoms with Crippen LogP contribution in [0, 0.1) is 5.82 Å². The number of nitrogens with one attached hydrogen (secondary N) is 1. The van der Waals surface area contributed by atoms with Gasteiger partial charge in [-0.05, 0) is 57.5 Å². The molecule has 0 unspecified atom stereocenters. The first-order chi connectivity index (χ1) is 13.7. The number of halogens is 1. The number of nitrogens with zero attached hydrogens (tertiary/aromatic N) is 3. The molecule has 1 N–H and O–H groups in total. The second-order valence-corrected chi connectivity index (χ2v) is 9.19. The Morgan fingerprint density at radius 2 is 1.76 bits per heavy atom. The maximum Gasteiger partial charge on any atom is 0.233 e. The summed E-state index contributed by atoms with van der Waals surface area (Å²) in [5.74, 6) is 0.282. The number of thioether (sulfide) groups is 1. The highest BCUT2D eigenvalue weighted by Gasteiger charge is 2.23. The number of amides is 1. The summed E-state index contributed by atoms with van der Waals surface area (Å²) in [4.78, 5) is 12.5. The Labute approximate surface area is 174 Å². The van der Waals surface area contributed by atoms with E-state index in [0.717, 1.165) is 11.1 Å². The third-order valence-corrected chi connectivity index (χ3v) is 5.23. The number of hydrogen-bond donors (Lipinski definition) is 1. The number of carbonyl (C=O) groups excluding carboxylic acids is 1. The van der Waals surface area contributed by atoms with E-state index < -0.39 is 0 Å². The van der Waals surface area contributed by atoms with Gasteiger partial charge in [0.05, 0.1) is 11.8 Å². The smallest absolute Gasteiger partial charge is 0.233 e. The van der Waals surface area contributed by atoms with E-state index in [9.17, 15) is 9.18 Å². The summed E-state index contributed by atoms with van der Waals surface area (Å²) >= 11 is 1.36. The molecule has 1 heterocycles. The molecule has 1 amide bonds. The molecule has 0 saturated carbocycles. The Balaban J connectivity index is 1.92. The van der Waals surface area contributed by atoms with Crippen LogP contribution < -0.4 is 5.32 Å². The predicted molar refractivity (Wildman–Crippen MR) is 114 cm³/mol. The maximum atomic E-state index is 13.4. The molecule has 3 aromatic rings. The summed E-state index contributed by atoms with van der Waals surface area (Å²) in [6, 6.07) is 16.2. The Hall–Kier alpha value is -2.67. The molecule has 0 radical (unpaired) electrons. The van der Waals surface area contributed by atoms with Crippen LogP contribution >= 0.6 is 11.8 Å². The first-order valence-corrected chi connectivity index (χ1v) is 10.3. The number of carbonyl (C=O) groups is 1. The van der Waals surface area contributed by atoms with Crippen molar-refractivity contribution in [1.29, 1.82) is 0 Å². The summed E-state index contributed by atoms with van der Waals surface area (Å²) in [6.45, 7) is 8.26. The Bertz CT molecular complexity index is 965. The molecule has 3 rings (SSSR count). The molecule has 0 aliphatic rings. The average Bonchev–Trinajstić information content (AvgIpc) is 3.04. The van der Waals surface area contributed by atoms with Crippen molar-refractivity contribution in [3.05, 3.63) is 66.0 Å². The van der Waals surface area contributed by atoms with E-state index in [1.807, 2.05) is 62.6 Å². The van der Waals surface area contributed by atoms with Crippen LogP contribution in [0.4, 0.5) is 4.39 Å². The molecule has 2 aromatic carbocycles. The standard InChI is InChI=1S/C22H25FN4OS/c1-15(20(28)24-22(2,3)4)29-21-26-25-19(17-10-12-18(23)13-11-17)27(21)14-16-8-6-5-7-9-16/h5-13,15H,14H2,1-4H3,(H,24,28)/t15-/m0/s1. The lowest BCUT2D eigenvalue weighted by atomic mass is 10.1. The van der Waals surface area contributed by atoms with Gasteiger partial charge in [-0.25, -0.2) is 4.39 Å². The molecule has 0 aliphatic heterocycles. The molecule has 0 spiro atoms. The second-order valence-electron chi connectivity index (χ2n) is 7.88. The van der Waals surface area contributed by atoms with Gasteiger partial charge in [-0.3, -0.25) is 9.36 Å². The van der Waals surface area contributed by atoms with Gasteiger partial charge in [0.2, 0.25) is 5.91 Å². The molecule has 7 heteroatoms. The molecule has 5 nitrogen and oxygen atoms in total. The lowest BCUT2D eigenvalue weighted by Gasteiger charge is -2.23. The largest absolute Gasteiger partial charge is 0.351 e. The summed E-state index contributed by atoms with van der Waals surface area (Å²) in [5.41, 5.74) is 1.56. The zero-order chi connectivity index (χ0) is 21.0. The molecule has 0 aliphatic carbocycles. The molecule has 1 atom stereocenters. The quantitative estimate of drug-likeness (QED) is 0.605. The van der Waals surface area contributed by atoms with Crippen molar-refractivity contribution in [2.75, 3.05) is 0 Å². The summed E-state index contributed by atoms with van der Waals surface area (Å²) in [5, 5.41) is 12.0. The lowest BCUT2D eigenvalue weighted by molar-refractivity contribution is -0.121. The van der Waals surface area contributed by atoms with Gasteiger partial charge in [0.15, 0.2) is 11.0 Å². The van der Waals surface area contributed by atoms with Gasteiger partial charge in [-0.2, -0.15) is 0 Å². The van der Waals surface area contributed by atoms with Crippen molar-refractivity contribution < 1.29 is 9.18 Å². The number of rotatable bonds is 6. The van der Waals surface area contributed by atoms with Crippen LogP contribution in [0.1, 0.15) is 33.3 Å². The monoisotopic (exact) mass is 412 g/mol. The normalized spacial score (nSPS) is 12.6. The van der Waals surface area contributed by atoms with E-state index in [2.05, 4.69) is 15.5 Å². The van der Waals surface area contributed by atoms with Crippen LogP contribution in [-0.2, 0) is 11.3 Å². The van der Waals surface area contributed by atoms with Crippen molar-refractivity contribution >= 4 is 17.7 Å². The molecule has 152 valence electrons. The van der Waals surface area contributed by atoms with E-state index in [1.165, 1.54) is 23.9 Å². The summed E-state index contributed by atoms with van der Waals surface area (Å²) in [7, 11) is 0. The minimum Gasteiger partial charge on any atom is -0.351 e. The summed E-state index contributed by atoms with van der Waals surface area (Å²) < 4.78 is 15.3. The zero-order valence-electron chi connectivity index (χ0n) is 17.0. The molecular formula is C22H25FN4OS. The van der Waals surface area contributed by atoms with Crippen molar-refractivity contribution in [3.63, 3.8) is 0 Å². The van der Waals surface area contributed by atoms with E-state index in [4.69, 9.17) is 0 Å². The first kappa shape index (κ1) is 21.0. The third kappa shape index (κ3) is 5.67. The first-order valence-electron chi connectivity index (χ1n) is 9.45. The molecular weight excluding hydrogens is 387 g/mol. The van der Waals surface area contributed by atoms with Crippen LogP contribution in [-0.4, -0.2) is 31.5 Å². The van der Waals surface area contributed by atoms with E-state index in [0.29, 0.717) is 17.5 Å². The van der Waals surface area contributed by atoms with E-state index in [1.54, 1.807) is 12.1 Å². The van der Waals surface area contributed by atoms with Crippen LogP contribution in [0.3, 0.4) is 0 Å². The topological polar surface area (TPSA) is 59.8 Å². The van der Waals surface area contributed by atoms with Gasteiger partial charge in [0, 0.05) is 11.1 Å². The predicted octanol–water partition coefficient (Wildman–Crippen LogP) is 4.53. The van der Waals surface area contributed by atoms with Crippen molar-refractivity contribution in [2.24, 2.45) is 0 Å². The lowest BCUT2D eigenvalue weighted by Crippen LogP contribution is -2.44. The average molecular weight is 413 g/mol. The van der Waals surface area contributed by atoms with E-state index in [-0.39, 0.29) is 22.5 Å². The van der Waals surface area contributed by atoms with Gasteiger partial charge in [-0.1, -0.05) is 42.1 Å². The zero-order valence-corrected chi connectivity index (χ0v) is 17.8. The fourth-order valence-corrected chi connectivity index (χ4v) is 3.63.